The third kappa shape index (κ3) is 22.6. The van der Waals surface area contributed by atoms with E-state index in [4.69, 9.17) is 0 Å². The van der Waals surface area contributed by atoms with Gasteiger partial charge in [-0.1, -0.05) is 234 Å². The van der Waals surface area contributed by atoms with Crippen molar-refractivity contribution in [1.29, 1.82) is 0 Å². The molecule has 0 unspecified atom stereocenters. The van der Waals surface area contributed by atoms with E-state index >= 15 is 0 Å². The third-order valence-electron chi connectivity index (χ3n) is 16.2. The van der Waals surface area contributed by atoms with Crippen molar-refractivity contribution in [2.75, 3.05) is 0 Å². The van der Waals surface area contributed by atoms with Crippen LogP contribution in [0, 0.1) is 0 Å². The first-order valence-corrected chi connectivity index (χ1v) is 35.3. The van der Waals surface area contributed by atoms with Crippen LogP contribution >= 0.6 is 45.3 Å². The molecule has 0 aliphatic heterocycles. The van der Waals surface area contributed by atoms with Crippen molar-refractivity contribution < 1.29 is 0 Å². The zero-order valence-corrected chi connectivity index (χ0v) is 51.8. The molecule has 1 aliphatic carbocycles. The maximum Gasteiger partial charge on any atom is 0.0481 e. The molecule has 0 aromatic carbocycles. The van der Waals surface area contributed by atoms with Crippen LogP contribution in [-0.4, -0.2) is 0 Å². The van der Waals surface area contributed by atoms with Gasteiger partial charge < -0.3 is 0 Å². The number of thiophene rings is 4. The van der Waals surface area contributed by atoms with Gasteiger partial charge in [-0.25, -0.2) is 0 Å². The van der Waals surface area contributed by atoms with Crippen LogP contribution in [0.3, 0.4) is 0 Å². The molecule has 0 saturated heterocycles. The molecule has 0 N–H and O–H groups in total. The fourth-order valence-corrected chi connectivity index (χ4v) is 16.4. The molecule has 4 aromatic heterocycles. The standard InChI is InChI=1S/C69H110S4/c1-7-13-19-25-27-29-31-33-35-41-47-60-61(48-42-36-34-32-30-28-26-20-14-8-2)63(65-52-59(46-40-24-18-12-6)69(73-65)67-50-57(55-71-67)44-38-22-16-10-4)53-62(60)64-51-58(45-39-23-17-11-5)68(72-64)66-49-56(54-70-66)43-37-21-15-9-3/h49-52,54-55H,7-48,53H2,1-6H3. The zero-order chi connectivity index (χ0) is 51.6. The first-order valence-electron chi connectivity index (χ1n) is 31.9. The predicted octanol–water partition coefficient (Wildman–Crippen LogP) is 26.0. The Morgan fingerprint density at radius 1 is 0.288 bits per heavy atom. The molecule has 4 heteroatoms. The molecular formula is C69H110S4. The van der Waals surface area contributed by atoms with Crippen molar-refractivity contribution in [3.05, 3.63) is 78.2 Å². The smallest absolute Gasteiger partial charge is 0.0481 e. The molecule has 1 aliphatic rings. The molecule has 0 fully saturated rings. The molecule has 0 radical (unpaired) electrons. The Kier molecular flexibility index (Phi) is 33.0. The highest BCUT2D eigenvalue weighted by Gasteiger charge is 2.30. The van der Waals surface area contributed by atoms with E-state index in [1.807, 2.05) is 22.7 Å². The summed E-state index contributed by atoms with van der Waals surface area (Å²) < 4.78 is 0. The van der Waals surface area contributed by atoms with Gasteiger partial charge in [0, 0.05) is 35.7 Å². The molecular weight excluding hydrogens is 957 g/mol. The van der Waals surface area contributed by atoms with Crippen LogP contribution in [0.1, 0.15) is 324 Å². The average Bonchev–Trinajstić information content (AvgIpc) is 4.27. The number of hydrogen-bond acceptors (Lipinski definition) is 4. The molecule has 0 nitrogen and oxygen atoms in total. The first kappa shape index (κ1) is 62.1. The molecule has 0 spiro atoms. The number of hydrogen-bond donors (Lipinski definition) is 0. The van der Waals surface area contributed by atoms with Gasteiger partial charge in [0.1, 0.15) is 0 Å². The molecule has 5 rings (SSSR count). The third-order valence-corrected chi connectivity index (χ3v) is 21.0. The molecule has 410 valence electrons. The van der Waals surface area contributed by atoms with Crippen molar-refractivity contribution in [2.24, 2.45) is 0 Å². The Balaban J connectivity index is 1.52. The second-order valence-electron chi connectivity index (χ2n) is 22.8. The summed E-state index contributed by atoms with van der Waals surface area (Å²) in [6.07, 6.45) is 58.0. The van der Waals surface area contributed by atoms with E-state index in [0.29, 0.717) is 0 Å². The Hall–Kier alpha value is -1.72. The van der Waals surface area contributed by atoms with Crippen LogP contribution in [0.5, 0.6) is 0 Å². The Morgan fingerprint density at radius 3 is 0.890 bits per heavy atom. The second-order valence-corrected chi connectivity index (χ2v) is 26.7. The molecule has 0 atom stereocenters. The van der Waals surface area contributed by atoms with E-state index in [9.17, 15) is 0 Å². The molecule has 0 saturated carbocycles. The topological polar surface area (TPSA) is 0 Å². The Labute approximate surface area is 468 Å². The van der Waals surface area contributed by atoms with Gasteiger partial charge in [-0.05, 0) is 157 Å². The fourth-order valence-electron chi connectivity index (χ4n) is 11.6. The lowest BCUT2D eigenvalue weighted by molar-refractivity contribution is 0.553. The number of aryl methyl sites for hydroxylation is 4. The summed E-state index contributed by atoms with van der Waals surface area (Å²) in [6.45, 7) is 14.1. The van der Waals surface area contributed by atoms with E-state index in [2.05, 4.69) is 99.2 Å². The minimum atomic E-state index is 1.13. The van der Waals surface area contributed by atoms with Gasteiger partial charge in [-0.2, -0.15) is 0 Å². The highest BCUT2D eigenvalue weighted by Crippen LogP contribution is 2.53. The van der Waals surface area contributed by atoms with Gasteiger partial charge in [-0.3, -0.25) is 0 Å². The van der Waals surface area contributed by atoms with Crippen LogP contribution in [-0.2, 0) is 25.7 Å². The van der Waals surface area contributed by atoms with Crippen LogP contribution < -0.4 is 0 Å². The lowest BCUT2D eigenvalue weighted by Crippen LogP contribution is -1.94. The first-order chi connectivity index (χ1) is 36.0. The van der Waals surface area contributed by atoms with Crippen LogP contribution in [0.4, 0.5) is 0 Å². The molecule has 0 bridgehead atoms. The summed E-state index contributed by atoms with van der Waals surface area (Å²) in [5.74, 6) is 0. The van der Waals surface area contributed by atoms with E-state index in [0.717, 1.165) is 6.42 Å². The van der Waals surface area contributed by atoms with Crippen molar-refractivity contribution in [3.8, 4) is 19.5 Å². The number of allylic oxidation sites excluding steroid dienone is 4. The van der Waals surface area contributed by atoms with Crippen LogP contribution in [0.25, 0.3) is 30.7 Å². The summed E-state index contributed by atoms with van der Waals surface area (Å²) in [6, 6.07) is 10.7. The van der Waals surface area contributed by atoms with Crippen LogP contribution in [0.2, 0.25) is 0 Å². The minimum absolute atomic E-state index is 1.13. The molecule has 0 amide bonds. The van der Waals surface area contributed by atoms with E-state index in [1.165, 1.54) is 279 Å². The van der Waals surface area contributed by atoms with Gasteiger partial charge in [0.2, 0.25) is 0 Å². The monoisotopic (exact) mass is 1070 g/mol. The summed E-state index contributed by atoms with van der Waals surface area (Å²) >= 11 is 8.45. The number of rotatable bonds is 46. The van der Waals surface area contributed by atoms with Gasteiger partial charge in [-0.15, -0.1) is 45.3 Å². The summed E-state index contributed by atoms with van der Waals surface area (Å²) in [5.41, 5.74) is 13.4. The van der Waals surface area contributed by atoms with E-state index in [-0.39, 0.29) is 0 Å². The largest absolute Gasteiger partial charge is 0.143 e. The van der Waals surface area contributed by atoms with E-state index in [1.54, 1.807) is 64.1 Å². The highest BCUT2D eigenvalue weighted by molar-refractivity contribution is 7.22. The van der Waals surface area contributed by atoms with Crippen molar-refractivity contribution in [3.63, 3.8) is 0 Å². The van der Waals surface area contributed by atoms with E-state index < -0.39 is 0 Å². The minimum Gasteiger partial charge on any atom is -0.143 e. The predicted molar refractivity (Wildman–Crippen MR) is 338 cm³/mol. The highest BCUT2D eigenvalue weighted by atomic mass is 32.1. The van der Waals surface area contributed by atoms with Gasteiger partial charge in [0.25, 0.3) is 0 Å². The summed E-state index contributed by atoms with van der Waals surface area (Å²) in [7, 11) is 0. The lowest BCUT2D eigenvalue weighted by Gasteiger charge is -2.13. The van der Waals surface area contributed by atoms with Crippen LogP contribution in [0.15, 0.2) is 46.2 Å². The molecule has 73 heavy (non-hydrogen) atoms. The maximum atomic E-state index is 2.74. The van der Waals surface area contributed by atoms with Gasteiger partial charge >= 0.3 is 0 Å². The Morgan fingerprint density at radius 2 is 0.562 bits per heavy atom. The van der Waals surface area contributed by atoms with Crippen molar-refractivity contribution in [2.45, 2.75) is 318 Å². The zero-order valence-electron chi connectivity index (χ0n) is 48.5. The molecule has 4 heterocycles. The van der Waals surface area contributed by atoms with Crippen molar-refractivity contribution in [1.82, 2.24) is 0 Å². The van der Waals surface area contributed by atoms with Gasteiger partial charge in [0.05, 0.1) is 0 Å². The SMILES string of the molecule is CCCCCCCCCCCCC1=C(c2cc(CCCCCC)c(-c3cc(CCCCCC)cs3)s2)CC(c2cc(CCCCCC)c(-c3cc(CCCCCC)cs3)s2)=C1CCCCCCCCCCCC. The quantitative estimate of drug-likeness (QED) is 0.0387. The number of unbranched alkanes of at least 4 members (excludes halogenated alkanes) is 30. The lowest BCUT2D eigenvalue weighted by atomic mass is 9.92. The average molecular weight is 1070 g/mol. The second kappa shape index (κ2) is 38.8. The van der Waals surface area contributed by atoms with Crippen molar-refractivity contribution >= 4 is 56.5 Å². The summed E-state index contributed by atoms with van der Waals surface area (Å²) in [4.78, 5) is 9.50. The normalized spacial score (nSPS) is 13.0. The fraction of sp³-hybridized carbons (Fsp3) is 0.710. The molecule has 4 aromatic rings. The maximum absolute atomic E-state index is 2.74. The Bertz CT molecular complexity index is 1930. The summed E-state index contributed by atoms with van der Waals surface area (Å²) in [5, 5.41) is 5.02. The van der Waals surface area contributed by atoms with Gasteiger partial charge in [0.15, 0.2) is 0 Å².